The molecular weight excluding hydrogens is 522 g/mol. The highest BCUT2D eigenvalue weighted by atomic mass is 35.5. The first-order valence-electron chi connectivity index (χ1n) is 11.8. The number of nitrogens with two attached hydrogens (primary N) is 1. The van der Waals surface area contributed by atoms with Gasteiger partial charge in [0.15, 0.2) is 0 Å². The second kappa shape index (κ2) is 10.6. The molecule has 198 valence electrons. The first-order valence-corrected chi connectivity index (χ1v) is 13.7. The monoisotopic (exact) mass is 549 g/mol. The molecule has 2 aromatic carbocycles. The fraction of sp³-hybridized carbons (Fsp3) is 0.417. The first-order chi connectivity index (χ1) is 17.5. The molecular formula is C24H28ClN5O6S. The molecule has 13 heteroatoms. The number of hydrogen-bond donors (Lipinski definition) is 2. The number of fused-ring (bicyclic) bond motifs is 1. The van der Waals surface area contributed by atoms with Crippen LogP contribution in [0.5, 0.6) is 0 Å². The lowest BCUT2D eigenvalue weighted by Gasteiger charge is -2.31. The minimum atomic E-state index is -4.30. The highest BCUT2D eigenvalue weighted by Crippen LogP contribution is 2.29. The molecule has 0 saturated carbocycles. The summed E-state index contributed by atoms with van der Waals surface area (Å²) in [5, 5.41) is 4.55. The van der Waals surface area contributed by atoms with Crippen molar-refractivity contribution in [3.8, 4) is 0 Å². The van der Waals surface area contributed by atoms with Gasteiger partial charge in [-0.3, -0.25) is 19.2 Å². The van der Waals surface area contributed by atoms with Gasteiger partial charge in [-0.1, -0.05) is 23.7 Å². The van der Waals surface area contributed by atoms with Gasteiger partial charge in [0.2, 0.25) is 33.7 Å². The molecule has 37 heavy (non-hydrogen) atoms. The van der Waals surface area contributed by atoms with E-state index in [0.29, 0.717) is 23.5 Å². The Kier molecular flexibility index (Phi) is 7.72. The van der Waals surface area contributed by atoms with E-state index in [2.05, 4.69) is 5.32 Å². The van der Waals surface area contributed by atoms with Crippen LogP contribution in [0.2, 0.25) is 5.02 Å². The van der Waals surface area contributed by atoms with Crippen molar-refractivity contribution in [1.82, 2.24) is 19.4 Å². The number of carbonyl (C=O) groups is 4. The smallest absolute Gasteiger partial charge is 0.245 e. The van der Waals surface area contributed by atoms with Gasteiger partial charge in [-0.15, -0.1) is 0 Å². The van der Waals surface area contributed by atoms with Crippen molar-refractivity contribution in [3.05, 3.63) is 41.4 Å². The Morgan fingerprint density at radius 2 is 1.84 bits per heavy atom. The number of primary amides is 1. The predicted octanol–water partition coefficient (Wildman–Crippen LogP) is 0.307. The Balaban J connectivity index is 1.58. The van der Waals surface area contributed by atoms with Gasteiger partial charge < -0.3 is 20.9 Å². The van der Waals surface area contributed by atoms with Crippen molar-refractivity contribution >= 4 is 56.0 Å². The zero-order chi connectivity index (χ0) is 26.9. The summed E-state index contributed by atoms with van der Waals surface area (Å²) in [6, 6.07) is 7.39. The van der Waals surface area contributed by atoms with Gasteiger partial charge in [0.1, 0.15) is 12.1 Å². The van der Waals surface area contributed by atoms with Gasteiger partial charge in [0.05, 0.1) is 11.4 Å². The van der Waals surface area contributed by atoms with Crippen LogP contribution in [0.1, 0.15) is 19.8 Å². The molecule has 3 N–H and O–H groups in total. The Hall–Kier alpha value is -3.22. The molecule has 2 fully saturated rings. The summed E-state index contributed by atoms with van der Waals surface area (Å²) in [7, 11) is -4.30. The quantitative estimate of drug-likeness (QED) is 0.507. The average Bonchev–Trinajstić information content (AvgIpc) is 3.09. The molecule has 2 saturated heterocycles. The van der Waals surface area contributed by atoms with Gasteiger partial charge in [-0.05, 0) is 48.4 Å². The van der Waals surface area contributed by atoms with Crippen molar-refractivity contribution in [2.24, 2.45) is 5.73 Å². The molecule has 2 heterocycles. The molecule has 4 rings (SSSR count). The summed E-state index contributed by atoms with van der Waals surface area (Å²) >= 11 is 6.02. The number of halogens is 1. The van der Waals surface area contributed by atoms with Gasteiger partial charge in [-0.25, -0.2) is 8.42 Å². The van der Waals surface area contributed by atoms with E-state index in [1.807, 2.05) is 0 Å². The number of rotatable bonds is 7. The van der Waals surface area contributed by atoms with Crippen molar-refractivity contribution in [1.29, 1.82) is 0 Å². The third kappa shape index (κ3) is 5.55. The SMILES string of the molecule is C[C@@H](C(=O)N1CCNC(=O)CC1)N1CC[C@H](N(CC(N)=O)S(=O)(=O)c2ccc3cc(Cl)ccc3c2)C1=O. The van der Waals surface area contributed by atoms with Crippen LogP contribution < -0.4 is 11.1 Å². The molecule has 0 bridgehead atoms. The highest BCUT2D eigenvalue weighted by molar-refractivity contribution is 7.89. The summed E-state index contributed by atoms with van der Waals surface area (Å²) < 4.78 is 28.1. The standard InChI is InChI=1S/C24H28ClN5O6S/c1-15(23(33)28-9-7-22(32)27-8-11-28)29-10-6-20(24(29)34)30(14-21(26)31)37(35,36)19-5-3-16-12-18(25)4-2-17(16)13-19/h2-5,12-13,15,20H,6-11,14H2,1H3,(H2,26,31)(H,27,32)/t15-,20-/m0/s1. The topological polar surface area (TPSA) is 150 Å². The molecule has 0 unspecified atom stereocenters. The highest BCUT2D eigenvalue weighted by Gasteiger charge is 2.45. The lowest BCUT2D eigenvalue weighted by atomic mass is 10.1. The molecule has 11 nitrogen and oxygen atoms in total. The number of carbonyl (C=O) groups excluding carboxylic acids is 4. The number of nitrogens with one attached hydrogen (secondary N) is 1. The minimum absolute atomic E-state index is 0.0895. The molecule has 0 aliphatic carbocycles. The lowest BCUT2D eigenvalue weighted by Crippen LogP contribution is -2.52. The van der Waals surface area contributed by atoms with Gasteiger partial charge in [0, 0.05) is 37.6 Å². The molecule has 2 atom stereocenters. The summed E-state index contributed by atoms with van der Waals surface area (Å²) in [4.78, 5) is 52.7. The van der Waals surface area contributed by atoms with Crippen LogP contribution in [0.15, 0.2) is 41.3 Å². The van der Waals surface area contributed by atoms with Gasteiger partial charge in [-0.2, -0.15) is 4.31 Å². The van der Waals surface area contributed by atoms with E-state index in [9.17, 15) is 27.6 Å². The Labute approximate surface area is 219 Å². The fourth-order valence-electron chi connectivity index (χ4n) is 4.73. The first kappa shape index (κ1) is 26.8. The second-order valence-electron chi connectivity index (χ2n) is 9.11. The summed E-state index contributed by atoms with van der Waals surface area (Å²) in [5.74, 6) is -1.97. The average molecular weight is 550 g/mol. The van der Waals surface area contributed by atoms with Crippen LogP contribution in [0, 0.1) is 0 Å². The van der Waals surface area contributed by atoms with Crippen LogP contribution in [0.3, 0.4) is 0 Å². The van der Waals surface area contributed by atoms with Crippen LogP contribution in [-0.2, 0) is 29.2 Å². The van der Waals surface area contributed by atoms with Crippen LogP contribution >= 0.6 is 11.6 Å². The summed E-state index contributed by atoms with van der Waals surface area (Å²) in [6.07, 6.45) is 0.254. The van der Waals surface area contributed by atoms with Gasteiger partial charge >= 0.3 is 0 Å². The van der Waals surface area contributed by atoms with E-state index < -0.39 is 40.5 Å². The zero-order valence-electron chi connectivity index (χ0n) is 20.2. The maximum atomic E-state index is 13.6. The van der Waals surface area contributed by atoms with Crippen LogP contribution in [0.4, 0.5) is 0 Å². The van der Waals surface area contributed by atoms with E-state index in [4.69, 9.17) is 17.3 Å². The second-order valence-corrected chi connectivity index (χ2v) is 11.4. The molecule has 2 aliphatic rings. The number of hydrogen-bond acceptors (Lipinski definition) is 6. The third-order valence-corrected chi connectivity index (χ3v) is 8.79. The van der Waals surface area contributed by atoms with Gasteiger partial charge in [0.25, 0.3) is 0 Å². The van der Waals surface area contributed by atoms with E-state index >= 15 is 0 Å². The largest absolute Gasteiger partial charge is 0.369 e. The maximum absolute atomic E-state index is 13.6. The lowest BCUT2D eigenvalue weighted by molar-refractivity contribution is -0.144. The van der Waals surface area contributed by atoms with Crippen molar-refractivity contribution < 1.29 is 27.6 Å². The van der Waals surface area contributed by atoms with E-state index in [1.54, 1.807) is 31.2 Å². The van der Waals surface area contributed by atoms with Crippen molar-refractivity contribution in [3.63, 3.8) is 0 Å². The maximum Gasteiger partial charge on any atom is 0.245 e. The molecule has 2 aliphatic heterocycles. The number of sulfonamides is 1. The minimum Gasteiger partial charge on any atom is -0.369 e. The summed E-state index contributed by atoms with van der Waals surface area (Å²) in [5.41, 5.74) is 5.38. The number of likely N-dealkylation sites (tertiary alicyclic amines) is 1. The Bertz CT molecular complexity index is 1370. The van der Waals surface area contributed by atoms with E-state index in [1.165, 1.54) is 21.9 Å². The zero-order valence-corrected chi connectivity index (χ0v) is 21.8. The predicted molar refractivity (Wildman–Crippen MR) is 136 cm³/mol. The molecule has 4 amide bonds. The molecule has 2 aromatic rings. The molecule has 0 spiro atoms. The molecule has 0 aromatic heterocycles. The van der Waals surface area contributed by atoms with Crippen LogP contribution in [-0.4, -0.2) is 91.0 Å². The van der Waals surface area contributed by atoms with E-state index in [-0.39, 0.29) is 42.6 Å². The summed E-state index contributed by atoms with van der Waals surface area (Å²) in [6.45, 7) is 1.88. The Morgan fingerprint density at radius 3 is 2.57 bits per heavy atom. The number of nitrogens with zero attached hydrogens (tertiary/aromatic N) is 3. The molecule has 0 radical (unpaired) electrons. The third-order valence-electron chi connectivity index (χ3n) is 6.70. The normalized spacial score (nSPS) is 19.7. The van der Waals surface area contributed by atoms with E-state index in [0.717, 1.165) is 9.69 Å². The van der Waals surface area contributed by atoms with Crippen LogP contribution in [0.25, 0.3) is 10.8 Å². The van der Waals surface area contributed by atoms with Crippen molar-refractivity contribution in [2.75, 3.05) is 32.7 Å². The van der Waals surface area contributed by atoms with Crippen molar-refractivity contribution in [2.45, 2.75) is 36.7 Å². The number of benzene rings is 2. The number of amides is 4. The fourth-order valence-corrected chi connectivity index (χ4v) is 6.52. The Morgan fingerprint density at radius 1 is 1.14 bits per heavy atom.